The summed E-state index contributed by atoms with van der Waals surface area (Å²) in [5.41, 5.74) is 12.6. The Kier molecular flexibility index (Phi) is 5.73. The predicted molar refractivity (Wildman–Crippen MR) is 92.4 cm³/mol. The highest BCUT2D eigenvalue weighted by Gasteiger charge is 2.20. The van der Waals surface area contributed by atoms with E-state index >= 15 is 0 Å². The van der Waals surface area contributed by atoms with Gasteiger partial charge >= 0.3 is 5.97 Å². The fraction of sp³-hybridized carbons (Fsp3) is 0.235. The highest BCUT2D eigenvalue weighted by Crippen LogP contribution is 2.20. The van der Waals surface area contributed by atoms with Crippen LogP contribution in [0.2, 0.25) is 0 Å². The number of hydrogen-bond donors (Lipinski definition) is 2. The molecular formula is C17H20N4O3. The van der Waals surface area contributed by atoms with Crippen LogP contribution in [0.25, 0.3) is 0 Å². The van der Waals surface area contributed by atoms with Gasteiger partial charge in [0.1, 0.15) is 5.82 Å². The smallest absolute Gasteiger partial charge is 0.307 e. The Morgan fingerprint density at radius 1 is 1.17 bits per heavy atom. The van der Waals surface area contributed by atoms with Crippen molar-refractivity contribution in [3.63, 3.8) is 0 Å². The summed E-state index contributed by atoms with van der Waals surface area (Å²) in [6, 6.07) is 9.89. The van der Waals surface area contributed by atoms with Gasteiger partial charge in [0.05, 0.1) is 24.4 Å². The van der Waals surface area contributed by atoms with Gasteiger partial charge in [-0.15, -0.1) is 0 Å². The molecule has 2 rings (SSSR count). The van der Waals surface area contributed by atoms with E-state index in [1.54, 1.807) is 43.5 Å². The molecule has 7 heteroatoms. The third-order valence-corrected chi connectivity index (χ3v) is 3.35. The number of pyridine rings is 1. The molecular weight excluding hydrogens is 308 g/mol. The van der Waals surface area contributed by atoms with Crippen LogP contribution in [0.3, 0.4) is 0 Å². The van der Waals surface area contributed by atoms with Gasteiger partial charge in [0.15, 0.2) is 0 Å². The van der Waals surface area contributed by atoms with E-state index in [2.05, 4.69) is 4.98 Å². The van der Waals surface area contributed by atoms with Crippen molar-refractivity contribution in [2.45, 2.75) is 13.3 Å². The van der Waals surface area contributed by atoms with Crippen LogP contribution < -0.4 is 16.4 Å². The molecule has 0 atom stereocenters. The Morgan fingerprint density at radius 3 is 2.58 bits per heavy atom. The van der Waals surface area contributed by atoms with Crippen molar-refractivity contribution in [2.75, 3.05) is 29.5 Å². The molecule has 0 saturated heterocycles. The first kappa shape index (κ1) is 17.3. The number of hydrogen-bond acceptors (Lipinski definition) is 6. The van der Waals surface area contributed by atoms with Gasteiger partial charge in [0.2, 0.25) is 0 Å². The molecule has 24 heavy (non-hydrogen) atoms. The molecule has 0 bridgehead atoms. The molecule has 1 heterocycles. The average molecular weight is 328 g/mol. The molecule has 0 fully saturated rings. The van der Waals surface area contributed by atoms with E-state index in [4.69, 9.17) is 16.2 Å². The number of esters is 1. The topological polar surface area (TPSA) is 112 Å². The molecule has 4 N–H and O–H groups in total. The second kappa shape index (κ2) is 7.96. The van der Waals surface area contributed by atoms with Crippen LogP contribution >= 0.6 is 0 Å². The third kappa shape index (κ3) is 4.22. The molecule has 0 radical (unpaired) electrons. The predicted octanol–water partition coefficient (Wildman–Crippen LogP) is 1.85. The molecule has 0 aliphatic heterocycles. The zero-order valence-corrected chi connectivity index (χ0v) is 13.4. The molecule has 126 valence electrons. The number of benzene rings is 1. The van der Waals surface area contributed by atoms with Crippen molar-refractivity contribution in [3.8, 4) is 0 Å². The van der Waals surface area contributed by atoms with Crippen molar-refractivity contribution in [1.82, 2.24) is 4.98 Å². The van der Waals surface area contributed by atoms with E-state index in [0.29, 0.717) is 29.4 Å². The maximum Gasteiger partial charge on any atom is 0.307 e. The van der Waals surface area contributed by atoms with Crippen LogP contribution in [-0.2, 0) is 9.53 Å². The molecule has 1 aromatic carbocycles. The minimum Gasteiger partial charge on any atom is -0.466 e. The summed E-state index contributed by atoms with van der Waals surface area (Å²) in [6.07, 6.45) is 1.65. The van der Waals surface area contributed by atoms with Gasteiger partial charge in [-0.3, -0.25) is 14.5 Å². The maximum atomic E-state index is 12.8. The molecule has 1 aromatic heterocycles. The van der Waals surface area contributed by atoms with Crippen LogP contribution in [0.15, 0.2) is 42.6 Å². The number of ether oxygens (including phenoxy) is 1. The Bertz CT molecular complexity index is 719. The largest absolute Gasteiger partial charge is 0.466 e. The number of aromatic nitrogens is 1. The summed E-state index contributed by atoms with van der Waals surface area (Å²) in [6.45, 7) is 2.18. The van der Waals surface area contributed by atoms with Gasteiger partial charge in [-0.25, -0.2) is 4.98 Å². The van der Waals surface area contributed by atoms with Crippen LogP contribution in [0.1, 0.15) is 23.7 Å². The van der Waals surface area contributed by atoms with Gasteiger partial charge in [-0.2, -0.15) is 0 Å². The summed E-state index contributed by atoms with van der Waals surface area (Å²) >= 11 is 0. The van der Waals surface area contributed by atoms with E-state index in [1.807, 2.05) is 0 Å². The monoisotopic (exact) mass is 328 g/mol. The second-order valence-electron chi connectivity index (χ2n) is 5.04. The number of nitrogens with zero attached hydrogens (tertiary/aromatic N) is 2. The number of nitrogen functional groups attached to an aromatic ring is 2. The normalized spacial score (nSPS) is 10.2. The summed E-state index contributed by atoms with van der Waals surface area (Å²) in [5.74, 6) is -0.241. The minimum absolute atomic E-state index is 0.0700. The molecule has 0 aliphatic rings. The number of nitrogens with two attached hydrogens (primary N) is 2. The van der Waals surface area contributed by atoms with Gasteiger partial charge in [-0.05, 0) is 37.3 Å². The zero-order chi connectivity index (χ0) is 17.5. The number of carbonyl (C=O) groups excluding carboxylic acids is 2. The van der Waals surface area contributed by atoms with Gasteiger partial charge in [0.25, 0.3) is 5.91 Å². The van der Waals surface area contributed by atoms with E-state index in [-0.39, 0.29) is 24.8 Å². The fourth-order valence-electron chi connectivity index (χ4n) is 2.13. The molecule has 0 aliphatic carbocycles. The molecule has 1 amide bonds. The number of carbonyl (C=O) groups is 2. The zero-order valence-electron chi connectivity index (χ0n) is 13.4. The first-order valence-electron chi connectivity index (χ1n) is 7.56. The average Bonchev–Trinajstić information content (AvgIpc) is 2.58. The van der Waals surface area contributed by atoms with E-state index in [1.165, 1.54) is 11.0 Å². The second-order valence-corrected chi connectivity index (χ2v) is 5.04. The van der Waals surface area contributed by atoms with E-state index < -0.39 is 0 Å². The van der Waals surface area contributed by atoms with Crippen LogP contribution in [0.4, 0.5) is 17.2 Å². The lowest BCUT2D eigenvalue weighted by Gasteiger charge is -2.21. The third-order valence-electron chi connectivity index (χ3n) is 3.35. The molecule has 0 saturated carbocycles. The molecule has 7 nitrogen and oxygen atoms in total. The van der Waals surface area contributed by atoms with Crippen LogP contribution in [-0.4, -0.2) is 30.0 Å². The minimum atomic E-state index is -0.372. The van der Waals surface area contributed by atoms with Crippen LogP contribution in [0, 0.1) is 0 Å². The van der Waals surface area contributed by atoms with Crippen molar-refractivity contribution < 1.29 is 14.3 Å². The van der Waals surface area contributed by atoms with Gasteiger partial charge in [0, 0.05) is 18.3 Å². The van der Waals surface area contributed by atoms with E-state index in [0.717, 1.165) is 0 Å². The van der Waals surface area contributed by atoms with Crippen LogP contribution in [0.5, 0.6) is 0 Å². The number of amides is 1. The Balaban J connectivity index is 2.25. The van der Waals surface area contributed by atoms with Crippen molar-refractivity contribution in [3.05, 3.63) is 48.2 Å². The molecule has 2 aromatic rings. The SMILES string of the molecule is CCOC(=O)CCN(C(=O)c1ccc(N)c(N)c1)c1ccccn1. The van der Waals surface area contributed by atoms with E-state index in [9.17, 15) is 9.59 Å². The number of anilines is 3. The quantitative estimate of drug-likeness (QED) is 0.618. The first-order chi connectivity index (χ1) is 11.5. The van der Waals surface area contributed by atoms with Gasteiger partial charge < -0.3 is 16.2 Å². The summed E-state index contributed by atoms with van der Waals surface area (Å²) in [4.78, 5) is 30.0. The summed E-state index contributed by atoms with van der Waals surface area (Å²) in [5, 5.41) is 0. The summed E-state index contributed by atoms with van der Waals surface area (Å²) < 4.78 is 4.91. The maximum absolute atomic E-state index is 12.8. The lowest BCUT2D eigenvalue weighted by Crippen LogP contribution is -2.34. The Hall–Kier alpha value is -3.09. The Morgan fingerprint density at radius 2 is 1.96 bits per heavy atom. The Labute approximate surface area is 140 Å². The molecule has 0 unspecified atom stereocenters. The van der Waals surface area contributed by atoms with Crippen molar-refractivity contribution >= 4 is 29.1 Å². The van der Waals surface area contributed by atoms with Crippen molar-refractivity contribution in [2.24, 2.45) is 0 Å². The first-order valence-corrected chi connectivity index (χ1v) is 7.56. The fourth-order valence-corrected chi connectivity index (χ4v) is 2.13. The highest BCUT2D eigenvalue weighted by molar-refractivity contribution is 6.06. The number of rotatable bonds is 6. The lowest BCUT2D eigenvalue weighted by molar-refractivity contribution is -0.142. The summed E-state index contributed by atoms with van der Waals surface area (Å²) in [7, 11) is 0. The van der Waals surface area contributed by atoms with Crippen molar-refractivity contribution in [1.29, 1.82) is 0 Å². The lowest BCUT2D eigenvalue weighted by atomic mass is 10.1. The van der Waals surface area contributed by atoms with Gasteiger partial charge in [-0.1, -0.05) is 6.07 Å². The highest BCUT2D eigenvalue weighted by atomic mass is 16.5. The molecule has 0 spiro atoms. The standard InChI is InChI=1S/C17H20N4O3/c1-2-24-16(22)8-10-21(15-5-3-4-9-20-15)17(23)12-6-7-13(18)14(19)11-12/h3-7,9,11H,2,8,10,18-19H2,1H3.